The minimum Gasteiger partial charge on any atom is -0.355 e. The third-order valence-electron chi connectivity index (χ3n) is 2.70. The molecule has 6 heteroatoms. The molecule has 0 saturated heterocycles. The minimum atomic E-state index is 0.0154. The highest BCUT2D eigenvalue weighted by Crippen LogP contribution is 2.26. The van der Waals surface area contributed by atoms with Crippen LogP contribution in [-0.2, 0) is 4.79 Å². The van der Waals surface area contributed by atoms with Crippen molar-refractivity contribution in [2.75, 3.05) is 18.1 Å². The summed E-state index contributed by atoms with van der Waals surface area (Å²) in [6.45, 7) is 0.634. The molecule has 1 N–H and O–H groups in total. The van der Waals surface area contributed by atoms with E-state index in [0.29, 0.717) is 17.3 Å². The summed E-state index contributed by atoms with van der Waals surface area (Å²) >= 11 is 15.0. The van der Waals surface area contributed by atoms with Crippen molar-refractivity contribution in [2.24, 2.45) is 0 Å². The molecule has 116 valence electrons. The fourth-order valence-corrected chi connectivity index (χ4v) is 3.61. The van der Waals surface area contributed by atoms with Crippen molar-refractivity contribution in [3.63, 3.8) is 0 Å². The smallest absolute Gasteiger partial charge is 0.230 e. The fraction of sp³-hybridized carbons (Fsp3) is 0.188. The average Bonchev–Trinajstić information content (AvgIpc) is 2.52. The highest BCUT2D eigenvalue weighted by Gasteiger charge is 2.05. The largest absolute Gasteiger partial charge is 0.355 e. The van der Waals surface area contributed by atoms with Gasteiger partial charge in [0.25, 0.3) is 0 Å². The Balaban J connectivity index is 1.64. The molecule has 1 amide bonds. The van der Waals surface area contributed by atoms with Gasteiger partial charge in [-0.25, -0.2) is 0 Å². The normalized spacial score (nSPS) is 10.5. The molecule has 2 aromatic carbocycles. The number of hydrogen-bond donors (Lipinski definition) is 1. The lowest BCUT2D eigenvalue weighted by molar-refractivity contribution is -0.118. The van der Waals surface area contributed by atoms with Gasteiger partial charge in [-0.1, -0.05) is 35.3 Å². The van der Waals surface area contributed by atoms with Crippen LogP contribution < -0.4 is 5.32 Å². The van der Waals surface area contributed by atoms with Gasteiger partial charge in [-0.3, -0.25) is 4.79 Å². The molecule has 0 atom stereocenters. The summed E-state index contributed by atoms with van der Waals surface area (Å²) < 4.78 is 0. The summed E-state index contributed by atoms with van der Waals surface area (Å²) in [5, 5.41) is 4.31. The van der Waals surface area contributed by atoms with Crippen molar-refractivity contribution in [3.05, 3.63) is 58.6 Å². The molecule has 0 fully saturated rings. The molecule has 0 heterocycles. The molecule has 0 aliphatic carbocycles. The van der Waals surface area contributed by atoms with Crippen LogP contribution in [0.4, 0.5) is 0 Å². The second kappa shape index (κ2) is 9.36. The summed E-state index contributed by atoms with van der Waals surface area (Å²) in [4.78, 5) is 13.9. The molecule has 2 rings (SSSR count). The second-order valence-electron chi connectivity index (χ2n) is 4.37. The van der Waals surface area contributed by atoms with Gasteiger partial charge in [0.1, 0.15) is 0 Å². The van der Waals surface area contributed by atoms with Crippen LogP contribution in [0.2, 0.25) is 10.0 Å². The first-order valence-corrected chi connectivity index (χ1v) is 9.40. The van der Waals surface area contributed by atoms with E-state index in [1.807, 2.05) is 48.5 Å². The van der Waals surface area contributed by atoms with Crippen molar-refractivity contribution in [2.45, 2.75) is 9.79 Å². The lowest BCUT2D eigenvalue weighted by Crippen LogP contribution is -2.27. The van der Waals surface area contributed by atoms with Crippen molar-refractivity contribution in [3.8, 4) is 0 Å². The molecule has 0 radical (unpaired) electrons. The van der Waals surface area contributed by atoms with Gasteiger partial charge < -0.3 is 5.32 Å². The monoisotopic (exact) mass is 371 g/mol. The number of amides is 1. The first kappa shape index (κ1) is 17.5. The molecule has 2 aromatic rings. The zero-order chi connectivity index (χ0) is 15.8. The second-order valence-corrected chi connectivity index (χ2v) is 7.40. The van der Waals surface area contributed by atoms with Crippen LogP contribution in [0.5, 0.6) is 0 Å². The van der Waals surface area contributed by atoms with Crippen molar-refractivity contribution in [1.82, 2.24) is 5.32 Å². The zero-order valence-corrected chi connectivity index (χ0v) is 14.9. The van der Waals surface area contributed by atoms with Crippen LogP contribution in [0.15, 0.2) is 58.3 Å². The molecule has 0 aromatic heterocycles. The van der Waals surface area contributed by atoms with Crippen LogP contribution in [-0.4, -0.2) is 24.0 Å². The number of carbonyl (C=O) groups excluding carboxylic acids is 1. The molecule has 2 nitrogen and oxygen atoms in total. The third kappa shape index (κ3) is 6.13. The number of halogens is 2. The number of rotatable bonds is 7. The Bertz CT molecular complexity index is 620. The number of carbonyl (C=O) groups is 1. The van der Waals surface area contributed by atoms with Gasteiger partial charge in [-0.05, 0) is 36.4 Å². The number of hydrogen-bond acceptors (Lipinski definition) is 3. The third-order valence-corrected chi connectivity index (χ3v) is 5.48. The first-order valence-electron chi connectivity index (χ1n) is 6.67. The van der Waals surface area contributed by atoms with Gasteiger partial charge in [-0.2, -0.15) is 0 Å². The maximum Gasteiger partial charge on any atom is 0.230 e. The molecule has 22 heavy (non-hydrogen) atoms. The SMILES string of the molecule is O=C(CSc1ccccc1Cl)NCCSc1ccc(Cl)cc1. The Morgan fingerprint density at radius 2 is 1.73 bits per heavy atom. The molecule has 0 saturated carbocycles. The van der Waals surface area contributed by atoms with E-state index in [1.165, 1.54) is 11.8 Å². The molecule has 0 aliphatic heterocycles. The lowest BCUT2D eigenvalue weighted by Gasteiger charge is -2.06. The van der Waals surface area contributed by atoms with E-state index in [2.05, 4.69) is 5.32 Å². The Morgan fingerprint density at radius 1 is 1.00 bits per heavy atom. The van der Waals surface area contributed by atoms with Gasteiger partial charge in [0, 0.05) is 27.1 Å². The Morgan fingerprint density at radius 3 is 2.45 bits per heavy atom. The topological polar surface area (TPSA) is 29.1 Å². The molecular weight excluding hydrogens is 357 g/mol. The Hall–Kier alpha value is -0.810. The summed E-state index contributed by atoms with van der Waals surface area (Å²) in [5.41, 5.74) is 0. The van der Waals surface area contributed by atoms with E-state index < -0.39 is 0 Å². The molecular formula is C16H15Cl2NOS2. The summed E-state index contributed by atoms with van der Waals surface area (Å²) in [7, 11) is 0. The number of benzene rings is 2. The predicted molar refractivity (Wildman–Crippen MR) is 97.4 cm³/mol. The van der Waals surface area contributed by atoms with E-state index in [9.17, 15) is 4.79 Å². The summed E-state index contributed by atoms with van der Waals surface area (Å²) in [6.07, 6.45) is 0. The van der Waals surface area contributed by atoms with Gasteiger partial charge >= 0.3 is 0 Å². The van der Waals surface area contributed by atoms with E-state index in [0.717, 1.165) is 20.6 Å². The maximum absolute atomic E-state index is 11.8. The van der Waals surface area contributed by atoms with E-state index >= 15 is 0 Å². The quantitative estimate of drug-likeness (QED) is 0.548. The van der Waals surface area contributed by atoms with Gasteiger partial charge in [0.05, 0.1) is 10.8 Å². The Kier molecular flexibility index (Phi) is 7.46. The highest BCUT2D eigenvalue weighted by atomic mass is 35.5. The number of thioether (sulfide) groups is 2. The van der Waals surface area contributed by atoms with E-state index in [4.69, 9.17) is 23.2 Å². The fourth-order valence-electron chi connectivity index (χ4n) is 1.65. The molecule has 0 unspecified atom stereocenters. The average molecular weight is 372 g/mol. The van der Waals surface area contributed by atoms with Crippen LogP contribution in [0.3, 0.4) is 0 Å². The zero-order valence-electron chi connectivity index (χ0n) is 11.7. The van der Waals surface area contributed by atoms with Crippen LogP contribution in [0, 0.1) is 0 Å². The summed E-state index contributed by atoms with van der Waals surface area (Å²) in [6, 6.07) is 15.2. The lowest BCUT2D eigenvalue weighted by atomic mass is 10.4. The number of nitrogens with one attached hydrogen (secondary N) is 1. The molecule has 0 aliphatic rings. The van der Waals surface area contributed by atoms with Crippen LogP contribution in [0.25, 0.3) is 0 Å². The van der Waals surface area contributed by atoms with Gasteiger partial charge in [0.2, 0.25) is 5.91 Å². The standard InChI is InChI=1S/C16H15Cl2NOS2/c17-12-5-7-13(8-6-12)21-10-9-19-16(20)11-22-15-4-2-1-3-14(15)18/h1-8H,9-11H2,(H,19,20). The van der Waals surface area contributed by atoms with Gasteiger partial charge in [0.15, 0.2) is 0 Å². The first-order chi connectivity index (χ1) is 10.6. The minimum absolute atomic E-state index is 0.0154. The van der Waals surface area contributed by atoms with E-state index in [1.54, 1.807) is 11.8 Å². The van der Waals surface area contributed by atoms with Crippen LogP contribution in [0.1, 0.15) is 0 Å². The van der Waals surface area contributed by atoms with Crippen molar-refractivity contribution >= 4 is 52.6 Å². The Labute approximate surface area is 149 Å². The van der Waals surface area contributed by atoms with Crippen LogP contribution >= 0.6 is 46.7 Å². The van der Waals surface area contributed by atoms with Crippen molar-refractivity contribution in [1.29, 1.82) is 0 Å². The summed E-state index contributed by atoms with van der Waals surface area (Å²) in [5.74, 6) is 1.21. The van der Waals surface area contributed by atoms with E-state index in [-0.39, 0.29) is 5.91 Å². The molecule has 0 spiro atoms. The maximum atomic E-state index is 11.8. The highest BCUT2D eigenvalue weighted by molar-refractivity contribution is 8.00. The van der Waals surface area contributed by atoms with Gasteiger partial charge in [-0.15, -0.1) is 23.5 Å². The molecule has 0 bridgehead atoms. The van der Waals surface area contributed by atoms with Crippen molar-refractivity contribution < 1.29 is 4.79 Å². The predicted octanol–water partition coefficient (Wildman–Crippen LogP) is 4.99.